The molecule has 1 unspecified atom stereocenters. The highest BCUT2D eigenvalue weighted by Gasteiger charge is 2.29. The smallest absolute Gasteiger partial charge is 0.265 e. The molecule has 1 atom stereocenters. The molecule has 0 N–H and O–H groups in total. The van der Waals surface area contributed by atoms with Crippen molar-refractivity contribution in [3.05, 3.63) is 63.8 Å². The van der Waals surface area contributed by atoms with Crippen LogP contribution < -0.4 is 4.74 Å². The quantitative estimate of drug-likeness (QED) is 0.649. The van der Waals surface area contributed by atoms with Crippen molar-refractivity contribution < 1.29 is 13.9 Å². The first-order valence-electron chi connectivity index (χ1n) is 9.41. The summed E-state index contributed by atoms with van der Waals surface area (Å²) in [4.78, 5) is 24.1. The first kappa shape index (κ1) is 18.7. The molecule has 0 radical (unpaired) electrons. The molecule has 3 aromatic rings. The Labute approximate surface area is 168 Å². The van der Waals surface area contributed by atoms with Crippen molar-refractivity contribution in [2.45, 2.75) is 32.1 Å². The van der Waals surface area contributed by atoms with Crippen LogP contribution in [0.15, 0.2) is 40.4 Å². The molecule has 0 saturated carbocycles. The minimum Gasteiger partial charge on any atom is -0.497 e. The van der Waals surface area contributed by atoms with Crippen molar-refractivity contribution in [1.29, 1.82) is 0 Å². The van der Waals surface area contributed by atoms with Crippen LogP contribution >= 0.6 is 11.3 Å². The number of amides is 1. The predicted octanol–water partition coefficient (Wildman–Crippen LogP) is 4.06. The van der Waals surface area contributed by atoms with Gasteiger partial charge in [-0.25, -0.2) is 9.97 Å². The zero-order valence-corrected chi connectivity index (χ0v) is 16.9. The van der Waals surface area contributed by atoms with Crippen molar-refractivity contribution in [2.24, 2.45) is 0 Å². The van der Waals surface area contributed by atoms with E-state index in [4.69, 9.17) is 9.15 Å². The van der Waals surface area contributed by atoms with E-state index in [1.807, 2.05) is 36.1 Å². The predicted molar refractivity (Wildman–Crippen MR) is 107 cm³/mol. The first-order chi connectivity index (χ1) is 13.6. The number of carbonyl (C=O) groups is 1. The van der Waals surface area contributed by atoms with Gasteiger partial charge in [-0.05, 0) is 37.5 Å². The average Bonchev–Trinajstić information content (AvgIpc) is 3.37. The highest BCUT2D eigenvalue weighted by atomic mass is 32.1. The summed E-state index contributed by atoms with van der Waals surface area (Å²) < 4.78 is 11.3. The molecule has 0 bridgehead atoms. The lowest BCUT2D eigenvalue weighted by molar-refractivity contribution is 0.0702. The van der Waals surface area contributed by atoms with Crippen molar-refractivity contribution in [3.63, 3.8) is 0 Å². The Kier molecular flexibility index (Phi) is 5.43. The number of aromatic nitrogens is 2. The third kappa shape index (κ3) is 3.94. The molecule has 1 amide bonds. The fourth-order valence-corrected chi connectivity index (χ4v) is 4.36. The highest BCUT2D eigenvalue weighted by Crippen LogP contribution is 2.29. The molecule has 2 aromatic heterocycles. The lowest BCUT2D eigenvalue weighted by atomic mass is 9.98. The molecule has 0 spiro atoms. The number of likely N-dealkylation sites (tertiary alicyclic amines) is 1. The van der Waals surface area contributed by atoms with Gasteiger partial charge in [0.25, 0.3) is 5.91 Å². The number of hydrogen-bond donors (Lipinski definition) is 0. The monoisotopic (exact) mass is 397 g/mol. The topological polar surface area (TPSA) is 68.5 Å². The van der Waals surface area contributed by atoms with Gasteiger partial charge in [0, 0.05) is 19.5 Å². The second kappa shape index (κ2) is 8.14. The number of nitrogens with zero attached hydrogens (tertiary/aromatic N) is 3. The van der Waals surface area contributed by atoms with Crippen LogP contribution in [0.3, 0.4) is 0 Å². The summed E-state index contributed by atoms with van der Waals surface area (Å²) in [6, 6.07) is 7.94. The summed E-state index contributed by atoms with van der Waals surface area (Å²) in [7, 11) is 1.66. The fraction of sp³-hybridized carbons (Fsp3) is 0.381. The van der Waals surface area contributed by atoms with Crippen LogP contribution in [0.1, 0.15) is 51.3 Å². The SMILES string of the molecule is COc1cccc(Cc2cnc(C3CCCN(C(=O)c4scnc4C)C3)o2)c1. The number of oxazole rings is 1. The fourth-order valence-electron chi connectivity index (χ4n) is 3.59. The maximum atomic E-state index is 12.8. The Bertz CT molecular complexity index is 965. The lowest BCUT2D eigenvalue weighted by Crippen LogP contribution is -2.39. The molecule has 1 aromatic carbocycles. The van der Waals surface area contributed by atoms with Crippen LogP contribution in [-0.2, 0) is 6.42 Å². The van der Waals surface area contributed by atoms with E-state index >= 15 is 0 Å². The van der Waals surface area contributed by atoms with Crippen LogP contribution in [0.2, 0.25) is 0 Å². The molecule has 3 heterocycles. The van der Waals surface area contributed by atoms with Gasteiger partial charge >= 0.3 is 0 Å². The molecule has 0 aliphatic carbocycles. The summed E-state index contributed by atoms with van der Waals surface area (Å²) >= 11 is 1.41. The molecule has 1 aliphatic rings. The van der Waals surface area contributed by atoms with Crippen LogP contribution in [0.4, 0.5) is 0 Å². The molecule has 1 aliphatic heterocycles. The number of aryl methyl sites for hydroxylation is 1. The number of carbonyl (C=O) groups excluding carboxylic acids is 1. The van der Waals surface area contributed by atoms with Crippen LogP contribution in [0.25, 0.3) is 0 Å². The summed E-state index contributed by atoms with van der Waals surface area (Å²) in [5.41, 5.74) is 3.64. The Morgan fingerprint density at radius 3 is 3.07 bits per heavy atom. The highest BCUT2D eigenvalue weighted by molar-refractivity contribution is 7.11. The van der Waals surface area contributed by atoms with E-state index < -0.39 is 0 Å². The first-order valence-corrected chi connectivity index (χ1v) is 10.3. The van der Waals surface area contributed by atoms with Gasteiger partial charge < -0.3 is 14.1 Å². The van der Waals surface area contributed by atoms with E-state index in [-0.39, 0.29) is 11.8 Å². The van der Waals surface area contributed by atoms with E-state index in [0.717, 1.165) is 52.9 Å². The summed E-state index contributed by atoms with van der Waals surface area (Å²) in [6.45, 7) is 3.28. The molecule has 1 saturated heterocycles. The average molecular weight is 398 g/mol. The number of ether oxygens (including phenoxy) is 1. The second-order valence-corrected chi connectivity index (χ2v) is 7.91. The molecule has 28 heavy (non-hydrogen) atoms. The minimum absolute atomic E-state index is 0.0628. The number of thiazole rings is 1. The molecule has 146 valence electrons. The summed E-state index contributed by atoms with van der Waals surface area (Å²) in [5, 5.41) is 0. The largest absolute Gasteiger partial charge is 0.497 e. The van der Waals surface area contributed by atoms with Crippen molar-refractivity contribution >= 4 is 17.2 Å². The van der Waals surface area contributed by atoms with Gasteiger partial charge in [0.05, 0.1) is 30.4 Å². The molecule has 6 nitrogen and oxygen atoms in total. The zero-order valence-electron chi connectivity index (χ0n) is 16.1. The number of rotatable bonds is 5. The molecule has 1 fully saturated rings. The van der Waals surface area contributed by atoms with E-state index in [1.165, 1.54) is 11.3 Å². The lowest BCUT2D eigenvalue weighted by Gasteiger charge is -2.31. The van der Waals surface area contributed by atoms with Crippen LogP contribution in [0, 0.1) is 6.92 Å². The summed E-state index contributed by atoms with van der Waals surface area (Å²) in [6.07, 6.45) is 4.38. The third-order valence-electron chi connectivity index (χ3n) is 5.08. The minimum atomic E-state index is 0.0628. The van der Waals surface area contributed by atoms with Gasteiger partial charge in [0.2, 0.25) is 0 Å². The van der Waals surface area contributed by atoms with Gasteiger partial charge in [-0.15, -0.1) is 11.3 Å². The normalized spacial score (nSPS) is 16.9. The number of methoxy groups -OCH3 is 1. The van der Waals surface area contributed by atoms with E-state index in [9.17, 15) is 4.79 Å². The maximum absolute atomic E-state index is 12.8. The molecule has 7 heteroatoms. The van der Waals surface area contributed by atoms with E-state index in [0.29, 0.717) is 13.0 Å². The molecular formula is C21H23N3O3S. The van der Waals surface area contributed by atoms with Gasteiger partial charge in [0.1, 0.15) is 16.4 Å². The van der Waals surface area contributed by atoms with Crippen molar-refractivity contribution in [2.75, 3.05) is 20.2 Å². The van der Waals surface area contributed by atoms with Crippen molar-refractivity contribution in [1.82, 2.24) is 14.9 Å². The van der Waals surface area contributed by atoms with E-state index in [1.54, 1.807) is 18.8 Å². The number of piperidine rings is 1. The van der Waals surface area contributed by atoms with E-state index in [2.05, 4.69) is 9.97 Å². The van der Waals surface area contributed by atoms with Crippen LogP contribution in [-0.4, -0.2) is 41.0 Å². The van der Waals surface area contributed by atoms with Crippen molar-refractivity contribution in [3.8, 4) is 5.75 Å². The Morgan fingerprint density at radius 2 is 2.29 bits per heavy atom. The molecular weight excluding hydrogens is 374 g/mol. The van der Waals surface area contributed by atoms with Crippen LogP contribution in [0.5, 0.6) is 5.75 Å². The Morgan fingerprint density at radius 1 is 1.39 bits per heavy atom. The summed E-state index contributed by atoms with van der Waals surface area (Å²) in [5.74, 6) is 2.57. The Balaban J connectivity index is 1.44. The standard InChI is InChI=1S/C21H23N3O3S/c1-14-19(28-13-23-14)21(25)24-8-4-6-16(12-24)20-22-11-18(27-20)10-15-5-3-7-17(9-15)26-2/h3,5,7,9,11,13,16H,4,6,8,10,12H2,1-2H3. The Hall–Kier alpha value is -2.67. The third-order valence-corrected chi connectivity index (χ3v) is 6.00. The second-order valence-electron chi connectivity index (χ2n) is 7.05. The molecule has 4 rings (SSSR count). The van der Waals surface area contributed by atoms with Gasteiger partial charge in [-0.3, -0.25) is 4.79 Å². The zero-order chi connectivity index (χ0) is 19.5. The van der Waals surface area contributed by atoms with Gasteiger partial charge in [0.15, 0.2) is 5.89 Å². The number of hydrogen-bond acceptors (Lipinski definition) is 6. The number of benzene rings is 1. The van der Waals surface area contributed by atoms with Gasteiger partial charge in [-0.1, -0.05) is 12.1 Å². The maximum Gasteiger partial charge on any atom is 0.265 e. The van der Waals surface area contributed by atoms with Gasteiger partial charge in [-0.2, -0.15) is 0 Å².